The van der Waals surface area contributed by atoms with Crippen molar-refractivity contribution in [2.75, 3.05) is 13.1 Å². The molecule has 1 aromatic rings. The van der Waals surface area contributed by atoms with Crippen LogP contribution >= 0.6 is 23.2 Å². The molecule has 0 atom stereocenters. The molecule has 7 heteroatoms. The third kappa shape index (κ3) is 3.42. The van der Waals surface area contributed by atoms with Gasteiger partial charge in [0.15, 0.2) is 0 Å². The maximum absolute atomic E-state index is 12.1. The summed E-state index contributed by atoms with van der Waals surface area (Å²) in [5.41, 5.74) is 0.478. The topological polar surface area (TPSA) is 53.0 Å². The lowest BCUT2D eigenvalue weighted by atomic mass is 10.3. The molecule has 0 aromatic heterocycles. The van der Waals surface area contributed by atoms with Crippen molar-refractivity contribution in [1.29, 1.82) is 0 Å². The van der Waals surface area contributed by atoms with Crippen LogP contribution in [0.25, 0.3) is 0 Å². The molecule has 118 valence electrons. The van der Waals surface area contributed by atoms with Gasteiger partial charge in [0, 0.05) is 31.0 Å². The Morgan fingerprint density at radius 3 is 2.09 bits per heavy atom. The number of carbonyl (C=O) groups is 2. The summed E-state index contributed by atoms with van der Waals surface area (Å²) in [7, 11) is 0. The van der Waals surface area contributed by atoms with E-state index in [1.807, 2.05) is 0 Å². The van der Waals surface area contributed by atoms with Gasteiger partial charge < -0.3 is 0 Å². The van der Waals surface area contributed by atoms with Crippen molar-refractivity contribution in [3.05, 3.63) is 28.2 Å². The number of halogens is 2. The van der Waals surface area contributed by atoms with Gasteiger partial charge in [-0.1, -0.05) is 37.0 Å². The first kappa shape index (κ1) is 16.8. The number of carbonyl (C=O) groups excluding carboxylic acids is 2. The van der Waals surface area contributed by atoms with Crippen LogP contribution in [-0.4, -0.2) is 40.7 Å². The molecule has 1 heterocycles. The Balaban J connectivity index is 2.44. The van der Waals surface area contributed by atoms with Gasteiger partial charge in [-0.25, -0.2) is 4.99 Å². The summed E-state index contributed by atoms with van der Waals surface area (Å²) in [6.07, 6.45) is 0.697. The molecule has 0 saturated carbocycles. The lowest BCUT2D eigenvalue weighted by Crippen LogP contribution is -2.39. The molecule has 1 fully saturated rings. The van der Waals surface area contributed by atoms with E-state index in [0.717, 1.165) is 0 Å². The molecule has 2 amide bonds. The molecule has 2 rings (SSSR count). The molecule has 1 saturated heterocycles. The molecule has 1 aliphatic rings. The normalized spacial score (nSPS) is 14.5. The van der Waals surface area contributed by atoms with Gasteiger partial charge in [0.25, 0.3) is 0 Å². The zero-order valence-electron chi connectivity index (χ0n) is 12.5. The Kier molecular flexibility index (Phi) is 5.42. The highest BCUT2D eigenvalue weighted by atomic mass is 35.5. The van der Waals surface area contributed by atoms with Crippen molar-refractivity contribution in [2.45, 2.75) is 26.7 Å². The monoisotopic (exact) mass is 341 g/mol. The fourth-order valence-electron chi connectivity index (χ4n) is 2.20. The SMILES string of the molecule is CCC(=O)N1CCN(C(=O)CC)C1=Nc1ccc(Cl)cc1Cl. The second kappa shape index (κ2) is 7.11. The summed E-state index contributed by atoms with van der Waals surface area (Å²) in [5, 5.41) is 0.878. The van der Waals surface area contributed by atoms with Crippen molar-refractivity contribution < 1.29 is 9.59 Å². The molecule has 0 radical (unpaired) electrons. The molecule has 1 aromatic carbocycles. The van der Waals surface area contributed by atoms with E-state index in [9.17, 15) is 9.59 Å². The van der Waals surface area contributed by atoms with Crippen LogP contribution in [0.15, 0.2) is 23.2 Å². The van der Waals surface area contributed by atoms with Gasteiger partial charge in [0.1, 0.15) is 0 Å². The fourth-order valence-corrected chi connectivity index (χ4v) is 2.65. The largest absolute Gasteiger partial charge is 0.280 e. The summed E-state index contributed by atoms with van der Waals surface area (Å²) >= 11 is 12.0. The quantitative estimate of drug-likeness (QED) is 0.845. The molecule has 0 spiro atoms. The number of amides is 2. The van der Waals surface area contributed by atoms with Crippen LogP contribution in [0.4, 0.5) is 5.69 Å². The average molecular weight is 342 g/mol. The number of guanidine groups is 1. The summed E-state index contributed by atoms with van der Waals surface area (Å²) in [4.78, 5) is 31.6. The van der Waals surface area contributed by atoms with Gasteiger partial charge in [-0.05, 0) is 18.2 Å². The lowest BCUT2D eigenvalue weighted by molar-refractivity contribution is -0.126. The first-order valence-corrected chi connectivity index (χ1v) is 7.88. The van der Waals surface area contributed by atoms with E-state index in [-0.39, 0.29) is 11.8 Å². The van der Waals surface area contributed by atoms with Crippen molar-refractivity contribution >= 4 is 46.7 Å². The van der Waals surface area contributed by atoms with Crippen LogP contribution in [0.1, 0.15) is 26.7 Å². The van der Waals surface area contributed by atoms with E-state index in [1.54, 1.807) is 32.0 Å². The van der Waals surface area contributed by atoms with Crippen LogP contribution in [0.2, 0.25) is 10.0 Å². The number of hydrogen-bond acceptors (Lipinski definition) is 3. The summed E-state index contributed by atoms with van der Waals surface area (Å²) in [6.45, 7) is 4.45. The average Bonchev–Trinajstić information content (AvgIpc) is 2.92. The second-order valence-corrected chi connectivity index (χ2v) is 5.65. The molecule has 5 nitrogen and oxygen atoms in total. The molecule has 22 heavy (non-hydrogen) atoms. The minimum Gasteiger partial charge on any atom is -0.280 e. The van der Waals surface area contributed by atoms with Crippen molar-refractivity contribution in [3.63, 3.8) is 0 Å². The van der Waals surface area contributed by atoms with E-state index < -0.39 is 0 Å². The van der Waals surface area contributed by atoms with E-state index in [1.165, 1.54) is 9.80 Å². The second-order valence-electron chi connectivity index (χ2n) is 4.81. The molecular formula is C15H17Cl2N3O2. The number of aliphatic imine (C=N–C) groups is 1. The smallest absolute Gasteiger partial charge is 0.229 e. The maximum atomic E-state index is 12.1. The third-order valence-electron chi connectivity index (χ3n) is 3.37. The molecule has 0 N–H and O–H groups in total. The van der Waals surface area contributed by atoms with Crippen LogP contribution in [-0.2, 0) is 9.59 Å². The van der Waals surface area contributed by atoms with Crippen LogP contribution in [0.5, 0.6) is 0 Å². The Hall–Kier alpha value is -1.59. The number of rotatable bonds is 3. The van der Waals surface area contributed by atoms with E-state index in [4.69, 9.17) is 23.2 Å². The highest BCUT2D eigenvalue weighted by molar-refractivity contribution is 6.36. The number of nitrogens with zero attached hydrogens (tertiary/aromatic N) is 3. The van der Waals surface area contributed by atoms with Crippen molar-refractivity contribution in [3.8, 4) is 0 Å². The van der Waals surface area contributed by atoms with Gasteiger partial charge in [-0.15, -0.1) is 0 Å². The highest BCUT2D eigenvalue weighted by Crippen LogP contribution is 2.29. The first-order valence-electron chi connectivity index (χ1n) is 7.12. The predicted octanol–water partition coefficient (Wildman–Crippen LogP) is 3.47. The van der Waals surface area contributed by atoms with Gasteiger partial charge in [-0.2, -0.15) is 0 Å². The van der Waals surface area contributed by atoms with Gasteiger partial charge >= 0.3 is 0 Å². The summed E-state index contributed by atoms with van der Waals surface area (Å²) < 4.78 is 0. The fraction of sp³-hybridized carbons (Fsp3) is 0.400. The molecular weight excluding hydrogens is 325 g/mol. The highest BCUT2D eigenvalue weighted by Gasteiger charge is 2.33. The standard InChI is InChI=1S/C15H17Cl2N3O2/c1-3-13(21)19-7-8-20(14(22)4-2)15(19)18-12-6-5-10(16)9-11(12)17/h5-6,9H,3-4,7-8H2,1-2H3. The summed E-state index contributed by atoms with van der Waals surface area (Å²) in [6, 6.07) is 4.91. The van der Waals surface area contributed by atoms with Gasteiger partial charge in [0.05, 0.1) is 10.7 Å². The van der Waals surface area contributed by atoms with E-state index >= 15 is 0 Å². The molecule has 1 aliphatic heterocycles. The minimum atomic E-state index is -0.0739. The van der Waals surface area contributed by atoms with Crippen LogP contribution in [0.3, 0.4) is 0 Å². The number of hydrogen-bond donors (Lipinski definition) is 0. The van der Waals surface area contributed by atoms with Crippen molar-refractivity contribution in [2.24, 2.45) is 4.99 Å². The Labute approximate surface area is 139 Å². The first-order chi connectivity index (χ1) is 10.5. The zero-order valence-corrected chi connectivity index (χ0v) is 14.0. The molecule has 0 aliphatic carbocycles. The van der Waals surface area contributed by atoms with Gasteiger partial charge in [-0.3, -0.25) is 19.4 Å². The van der Waals surface area contributed by atoms with Gasteiger partial charge in [0.2, 0.25) is 17.8 Å². The number of benzene rings is 1. The lowest BCUT2D eigenvalue weighted by Gasteiger charge is -2.20. The molecule has 0 bridgehead atoms. The third-order valence-corrected chi connectivity index (χ3v) is 3.91. The minimum absolute atomic E-state index is 0.0739. The van der Waals surface area contributed by atoms with Crippen LogP contribution in [0, 0.1) is 0 Å². The summed E-state index contributed by atoms with van der Waals surface area (Å²) in [5.74, 6) is 0.188. The Bertz CT molecular complexity index is 605. The van der Waals surface area contributed by atoms with E-state index in [2.05, 4.69) is 4.99 Å². The van der Waals surface area contributed by atoms with E-state index in [0.29, 0.717) is 47.6 Å². The van der Waals surface area contributed by atoms with Crippen LogP contribution < -0.4 is 0 Å². The van der Waals surface area contributed by atoms with Crippen molar-refractivity contribution in [1.82, 2.24) is 9.80 Å². The molecule has 0 unspecified atom stereocenters. The Morgan fingerprint density at radius 2 is 1.64 bits per heavy atom. The zero-order chi connectivity index (χ0) is 16.3. The Morgan fingerprint density at radius 1 is 1.09 bits per heavy atom. The maximum Gasteiger partial charge on any atom is 0.229 e. The predicted molar refractivity (Wildman–Crippen MR) is 87.6 cm³/mol.